The average Bonchev–Trinajstić information content (AvgIpc) is 2.78. The van der Waals surface area contributed by atoms with Crippen LogP contribution in [0.4, 0.5) is 11.4 Å². The molecule has 2 N–H and O–H groups in total. The van der Waals surface area contributed by atoms with Crippen LogP contribution in [0.5, 0.6) is 0 Å². The van der Waals surface area contributed by atoms with Gasteiger partial charge in [0.25, 0.3) is 5.91 Å². The predicted octanol–water partition coefficient (Wildman–Crippen LogP) is 2.77. The quantitative estimate of drug-likeness (QED) is 0.646. The van der Waals surface area contributed by atoms with E-state index in [1.807, 2.05) is 61.5 Å². The summed E-state index contributed by atoms with van der Waals surface area (Å²) in [5.74, 6) is 0.140. The van der Waals surface area contributed by atoms with Crippen molar-refractivity contribution < 1.29 is 14.5 Å². The van der Waals surface area contributed by atoms with Gasteiger partial charge in [-0.05, 0) is 61.0 Å². The van der Waals surface area contributed by atoms with Crippen LogP contribution in [0.2, 0.25) is 0 Å². The first kappa shape index (κ1) is 20.1. The molecule has 1 saturated heterocycles. The van der Waals surface area contributed by atoms with Crippen LogP contribution in [0.25, 0.3) is 10.8 Å². The summed E-state index contributed by atoms with van der Waals surface area (Å²) in [6, 6.07) is 21.9. The zero-order chi connectivity index (χ0) is 21.1. The number of nitrogens with one attached hydrogen (secondary N) is 2. The molecule has 1 fully saturated rings. The van der Waals surface area contributed by atoms with Crippen LogP contribution in [0, 0.1) is 0 Å². The maximum absolute atomic E-state index is 12.8. The molecular formula is C25H28N3O2+. The Morgan fingerprint density at radius 1 is 0.933 bits per heavy atom. The molecular weight excluding hydrogens is 374 g/mol. The molecule has 0 aromatic heterocycles. The summed E-state index contributed by atoms with van der Waals surface area (Å²) >= 11 is 0. The molecule has 3 aromatic carbocycles. The number of ketones is 1. The largest absolute Gasteiger partial charge is 0.360 e. The van der Waals surface area contributed by atoms with Gasteiger partial charge in [0.1, 0.15) is 0 Å². The van der Waals surface area contributed by atoms with E-state index in [9.17, 15) is 9.59 Å². The number of quaternary nitrogens is 1. The molecule has 1 aliphatic heterocycles. The summed E-state index contributed by atoms with van der Waals surface area (Å²) in [6.45, 7) is 7.18. The first-order valence-electron chi connectivity index (χ1n) is 10.5. The van der Waals surface area contributed by atoms with E-state index in [0.717, 1.165) is 48.5 Å². The molecule has 0 bridgehead atoms. The standard InChI is InChI=1S/C25H27N3O2/c1-18(25(30)26-23-10-7-21-5-3-4-6-22(21)17-23)27-13-15-28(16-14-27)24-11-8-20(9-12-24)19(2)29/h3-12,17-18H,13-16H2,1-2H3,(H,26,30)/p+1/t18-/m1/s1. The Morgan fingerprint density at radius 3 is 2.27 bits per heavy atom. The van der Waals surface area contributed by atoms with Gasteiger partial charge in [-0.1, -0.05) is 30.3 Å². The van der Waals surface area contributed by atoms with Crippen LogP contribution in [-0.4, -0.2) is 43.9 Å². The summed E-state index contributed by atoms with van der Waals surface area (Å²) in [5, 5.41) is 5.38. The van der Waals surface area contributed by atoms with Crippen molar-refractivity contribution in [3.8, 4) is 0 Å². The Balaban J connectivity index is 1.34. The number of fused-ring (bicyclic) bond motifs is 1. The minimum atomic E-state index is -0.112. The van der Waals surface area contributed by atoms with E-state index < -0.39 is 0 Å². The van der Waals surface area contributed by atoms with Crippen LogP contribution >= 0.6 is 0 Å². The van der Waals surface area contributed by atoms with E-state index in [4.69, 9.17) is 0 Å². The van der Waals surface area contributed by atoms with Gasteiger partial charge in [0.05, 0.1) is 26.2 Å². The lowest BCUT2D eigenvalue weighted by molar-refractivity contribution is -0.914. The number of nitrogens with zero attached hydrogens (tertiary/aromatic N) is 1. The monoisotopic (exact) mass is 402 g/mol. The molecule has 5 heteroatoms. The fourth-order valence-electron chi connectivity index (χ4n) is 4.10. The second-order valence-corrected chi connectivity index (χ2v) is 8.02. The van der Waals surface area contributed by atoms with Crippen molar-refractivity contribution in [3.63, 3.8) is 0 Å². The number of benzene rings is 3. The smallest absolute Gasteiger partial charge is 0.282 e. The van der Waals surface area contributed by atoms with E-state index in [-0.39, 0.29) is 17.7 Å². The average molecular weight is 403 g/mol. The van der Waals surface area contributed by atoms with Gasteiger partial charge in [0, 0.05) is 16.9 Å². The van der Waals surface area contributed by atoms with E-state index >= 15 is 0 Å². The molecule has 3 aromatic rings. The lowest BCUT2D eigenvalue weighted by atomic mass is 10.1. The van der Waals surface area contributed by atoms with E-state index in [1.165, 1.54) is 10.3 Å². The Kier molecular flexibility index (Phi) is 5.81. The molecule has 0 saturated carbocycles. The fourth-order valence-corrected chi connectivity index (χ4v) is 4.10. The second kappa shape index (κ2) is 8.67. The van der Waals surface area contributed by atoms with Crippen LogP contribution in [0.15, 0.2) is 66.7 Å². The van der Waals surface area contributed by atoms with Crippen LogP contribution in [0.3, 0.4) is 0 Å². The number of carbonyl (C=O) groups is 2. The number of rotatable bonds is 5. The zero-order valence-corrected chi connectivity index (χ0v) is 17.5. The Bertz CT molecular complexity index is 1050. The molecule has 154 valence electrons. The maximum Gasteiger partial charge on any atom is 0.282 e. The van der Waals surface area contributed by atoms with E-state index in [2.05, 4.69) is 22.3 Å². The summed E-state index contributed by atoms with van der Waals surface area (Å²) in [4.78, 5) is 27.9. The number of carbonyl (C=O) groups excluding carboxylic acids is 2. The van der Waals surface area contributed by atoms with Crippen molar-refractivity contribution in [2.24, 2.45) is 0 Å². The molecule has 5 nitrogen and oxygen atoms in total. The molecule has 0 unspecified atom stereocenters. The Morgan fingerprint density at radius 2 is 1.60 bits per heavy atom. The summed E-state index contributed by atoms with van der Waals surface area (Å²) < 4.78 is 0. The second-order valence-electron chi connectivity index (χ2n) is 8.02. The maximum atomic E-state index is 12.8. The van der Waals surface area contributed by atoms with Gasteiger partial charge in [-0.2, -0.15) is 0 Å². The lowest BCUT2D eigenvalue weighted by Gasteiger charge is -2.36. The molecule has 0 aliphatic carbocycles. The number of hydrogen-bond donors (Lipinski definition) is 2. The topological polar surface area (TPSA) is 53.9 Å². The fraction of sp³-hybridized carbons (Fsp3) is 0.280. The van der Waals surface area contributed by atoms with Gasteiger partial charge in [-0.3, -0.25) is 9.59 Å². The molecule has 1 heterocycles. The Labute approximate surface area is 177 Å². The van der Waals surface area contributed by atoms with Gasteiger partial charge in [-0.15, -0.1) is 0 Å². The highest BCUT2D eigenvalue weighted by molar-refractivity contribution is 5.96. The van der Waals surface area contributed by atoms with Crippen LogP contribution < -0.4 is 15.1 Å². The number of hydrogen-bond acceptors (Lipinski definition) is 3. The van der Waals surface area contributed by atoms with Crippen LogP contribution in [-0.2, 0) is 4.79 Å². The number of anilines is 2. The lowest BCUT2D eigenvalue weighted by Crippen LogP contribution is -3.19. The first-order valence-corrected chi connectivity index (χ1v) is 10.5. The highest BCUT2D eigenvalue weighted by atomic mass is 16.2. The van der Waals surface area contributed by atoms with E-state index in [0.29, 0.717) is 0 Å². The minimum Gasteiger partial charge on any atom is -0.360 e. The van der Waals surface area contributed by atoms with Crippen molar-refractivity contribution in [1.82, 2.24) is 0 Å². The third-order valence-corrected chi connectivity index (χ3v) is 6.07. The number of piperazine rings is 1. The normalized spacial score (nSPS) is 15.7. The van der Waals surface area contributed by atoms with Crippen molar-refractivity contribution in [1.29, 1.82) is 0 Å². The summed E-state index contributed by atoms with van der Waals surface area (Å²) in [6.07, 6.45) is 0. The molecule has 1 aliphatic rings. The SMILES string of the molecule is CC(=O)c1ccc(N2CC[NH+]([C@H](C)C(=O)Nc3ccc4ccccc4c3)CC2)cc1. The number of Topliss-reactive ketones (excluding diaryl/α,β-unsaturated/α-hetero) is 1. The third kappa shape index (κ3) is 4.36. The van der Waals surface area contributed by atoms with Gasteiger partial charge in [0.15, 0.2) is 11.8 Å². The van der Waals surface area contributed by atoms with Crippen molar-refractivity contribution in [2.75, 3.05) is 36.4 Å². The zero-order valence-electron chi connectivity index (χ0n) is 17.5. The van der Waals surface area contributed by atoms with Gasteiger partial charge in [0.2, 0.25) is 0 Å². The third-order valence-electron chi connectivity index (χ3n) is 6.07. The predicted molar refractivity (Wildman–Crippen MR) is 121 cm³/mol. The van der Waals surface area contributed by atoms with Crippen LogP contribution in [0.1, 0.15) is 24.2 Å². The first-order chi connectivity index (χ1) is 14.5. The molecule has 30 heavy (non-hydrogen) atoms. The van der Waals surface area contributed by atoms with Crippen molar-refractivity contribution in [2.45, 2.75) is 19.9 Å². The Hall–Kier alpha value is -3.18. The summed E-state index contributed by atoms with van der Waals surface area (Å²) in [7, 11) is 0. The van der Waals surface area contributed by atoms with Gasteiger partial charge >= 0.3 is 0 Å². The van der Waals surface area contributed by atoms with E-state index in [1.54, 1.807) is 6.92 Å². The highest BCUT2D eigenvalue weighted by Gasteiger charge is 2.29. The molecule has 1 atom stereocenters. The molecule has 0 spiro atoms. The van der Waals surface area contributed by atoms with Crippen molar-refractivity contribution >= 4 is 33.8 Å². The highest BCUT2D eigenvalue weighted by Crippen LogP contribution is 2.19. The molecule has 4 rings (SSSR count). The minimum absolute atomic E-state index is 0.0551. The van der Waals surface area contributed by atoms with Gasteiger partial charge < -0.3 is 15.1 Å². The van der Waals surface area contributed by atoms with Gasteiger partial charge in [-0.25, -0.2) is 0 Å². The molecule has 1 amide bonds. The van der Waals surface area contributed by atoms with Crippen molar-refractivity contribution in [3.05, 3.63) is 72.3 Å². The molecule has 0 radical (unpaired) electrons. The number of amides is 1. The summed E-state index contributed by atoms with van der Waals surface area (Å²) in [5.41, 5.74) is 2.71.